The molecule has 0 saturated carbocycles. The Morgan fingerprint density at radius 1 is 1.17 bits per heavy atom. The average Bonchev–Trinajstić information content (AvgIpc) is 3.40. The molecule has 0 N–H and O–H groups in total. The second-order valence-electron chi connectivity index (χ2n) is 11.1. The van der Waals surface area contributed by atoms with Crippen LogP contribution in [0.5, 0.6) is 0 Å². The molecule has 1 aromatic rings. The molecule has 3 atom stereocenters. The molecule has 3 saturated heterocycles. The van der Waals surface area contributed by atoms with Crippen molar-refractivity contribution in [1.82, 2.24) is 19.1 Å². The van der Waals surface area contributed by atoms with Crippen LogP contribution in [0.15, 0.2) is 24.4 Å². The highest BCUT2D eigenvalue weighted by Crippen LogP contribution is 2.36. The van der Waals surface area contributed by atoms with Gasteiger partial charge in [0.25, 0.3) is 0 Å². The summed E-state index contributed by atoms with van der Waals surface area (Å²) in [7, 11) is -3.79. The summed E-state index contributed by atoms with van der Waals surface area (Å²) in [5.41, 5.74) is 0.203. The fourth-order valence-electron chi connectivity index (χ4n) is 5.51. The number of Topliss-reactive ketones (excluding diaryl/α,β-unsaturated/α-hetero) is 1. The minimum absolute atomic E-state index is 0.0693. The number of morpholine rings is 1. The van der Waals surface area contributed by atoms with E-state index in [0.29, 0.717) is 51.4 Å². The number of carbonyl (C=O) groups is 3. The van der Waals surface area contributed by atoms with Gasteiger partial charge in [0.05, 0.1) is 31.5 Å². The normalized spacial score (nSPS) is 24.1. The van der Waals surface area contributed by atoms with Crippen LogP contribution in [-0.2, 0) is 34.9 Å². The Hall–Kier alpha value is -2.37. The van der Waals surface area contributed by atoms with Crippen molar-refractivity contribution in [3.63, 3.8) is 0 Å². The lowest BCUT2D eigenvalue weighted by molar-refractivity contribution is -0.145. The largest absolute Gasteiger partial charge is 0.378 e. The van der Waals surface area contributed by atoms with Gasteiger partial charge in [-0.1, -0.05) is 26.8 Å². The number of sulfonamides is 1. The lowest BCUT2D eigenvalue weighted by atomic mass is 9.82. The zero-order chi connectivity index (χ0) is 26.1. The van der Waals surface area contributed by atoms with Gasteiger partial charge < -0.3 is 14.5 Å². The summed E-state index contributed by atoms with van der Waals surface area (Å²) in [5, 5.41) is 0. The minimum atomic E-state index is -3.79. The molecule has 3 aliphatic rings. The third kappa shape index (κ3) is 5.95. The molecule has 4 heterocycles. The predicted octanol–water partition coefficient (Wildman–Crippen LogP) is 1.07. The number of aromatic nitrogens is 1. The first kappa shape index (κ1) is 26.7. The number of ketones is 1. The molecule has 2 amide bonds. The van der Waals surface area contributed by atoms with Gasteiger partial charge in [0.1, 0.15) is 11.8 Å². The maximum atomic E-state index is 13.8. The molecule has 3 unspecified atom stereocenters. The Labute approximate surface area is 213 Å². The molecular weight excluding hydrogens is 484 g/mol. The van der Waals surface area contributed by atoms with E-state index >= 15 is 0 Å². The number of hydrogen-bond acceptors (Lipinski definition) is 7. The van der Waals surface area contributed by atoms with Crippen molar-refractivity contribution in [3.05, 3.63) is 30.1 Å². The molecule has 0 aliphatic carbocycles. The van der Waals surface area contributed by atoms with Crippen LogP contribution in [0.25, 0.3) is 0 Å². The van der Waals surface area contributed by atoms with Gasteiger partial charge in [-0.25, -0.2) is 8.42 Å². The first-order valence-corrected chi connectivity index (χ1v) is 14.2. The third-order valence-corrected chi connectivity index (χ3v) is 8.84. The number of pyridine rings is 1. The Kier molecular flexibility index (Phi) is 7.82. The lowest BCUT2D eigenvalue weighted by Gasteiger charge is -2.33. The molecule has 0 bridgehead atoms. The van der Waals surface area contributed by atoms with Crippen molar-refractivity contribution in [2.45, 2.75) is 57.9 Å². The van der Waals surface area contributed by atoms with Crippen LogP contribution in [0.4, 0.5) is 0 Å². The second kappa shape index (κ2) is 10.5. The Bertz CT molecular complexity index is 1080. The number of fused-ring (bicyclic) bond motifs is 1. The topological polar surface area (TPSA) is 117 Å². The molecule has 198 valence electrons. The Morgan fingerprint density at radius 3 is 2.53 bits per heavy atom. The summed E-state index contributed by atoms with van der Waals surface area (Å²) in [4.78, 5) is 47.2. The third-order valence-electron chi connectivity index (χ3n) is 7.07. The van der Waals surface area contributed by atoms with Gasteiger partial charge in [0.15, 0.2) is 5.78 Å². The summed E-state index contributed by atoms with van der Waals surface area (Å²) in [6.07, 6.45) is 2.49. The number of hydrogen-bond donors (Lipinski definition) is 0. The first-order chi connectivity index (χ1) is 17.0. The van der Waals surface area contributed by atoms with Crippen molar-refractivity contribution < 1.29 is 27.5 Å². The van der Waals surface area contributed by atoms with Crippen LogP contribution < -0.4 is 0 Å². The zero-order valence-electron chi connectivity index (χ0n) is 21.3. The molecule has 0 aromatic carbocycles. The smallest absolute Gasteiger partial charge is 0.226 e. The van der Waals surface area contributed by atoms with Gasteiger partial charge in [0.2, 0.25) is 21.8 Å². The fourth-order valence-corrected chi connectivity index (χ4v) is 7.18. The molecular formula is C25H36N4O6S. The monoisotopic (exact) mass is 520 g/mol. The van der Waals surface area contributed by atoms with E-state index < -0.39 is 28.0 Å². The quantitative estimate of drug-likeness (QED) is 0.528. The van der Waals surface area contributed by atoms with Crippen LogP contribution in [0.1, 0.15) is 45.7 Å². The highest BCUT2D eigenvalue weighted by atomic mass is 32.2. The summed E-state index contributed by atoms with van der Waals surface area (Å²) < 4.78 is 32.9. The molecule has 10 nitrogen and oxygen atoms in total. The molecule has 0 spiro atoms. The minimum Gasteiger partial charge on any atom is -0.378 e. The van der Waals surface area contributed by atoms with Gasteiger partial charge in [-0.15, -0.1) is 0 Å². The highest BCUT2D eigenvalue weighted by molar-refractivity contribution is 7.88. The molecule has 11 heteroatoms. The molecule has 3 aliphatic heterocycles. The highest BCUT2D eigenvalue weighted by Gasteiger charge is 2.54. The number of carbonyl (C=O) groups excluding carboxylic acids is 3. The zero-order valence-corrected chi connectivity index (χ0v) is 22.1. The lowest BCUT2D eigenvalue weighted by Crippen LogP contribution is -2.48. The van der Waals surface area contributed by atoms with E-state index in [9.17, 15) is 22.8 Å². The van der Waals surface area contributed by atoms with E-state index in [0.717, 1.165) is 0 Å². The second-order valence-corrected chi connectivity index (χ2v) is 13.0. The molecule has 36 heavy (non-hydrogen) atoms. The van der Waals surface area contributed by atoms with E-state index in [2.05, 4.69) is 4.98 Å². The van der Waals surface area contributed by atoms with Gasteiger partial charge in [0, 0.05) is 38.2 Å². The van der Waals surface area contributed by atoms with Crippen molar-refractivity contribution in [3.8, 4) is 0 Å². The SMILES string of the molecule is CC(C)(C)CC(CC(=O)N1CCOCC1)C(=O)N1CCC2C1C(=O)CN2S(=O)(=O)Cc1ccccn1. The van der Waals surface area contributed by atoms with E-state index in [4.69, 9.17) is 4.74 Å². The van der Waals surface area contributed by atoms with Gasteiger partial charge in [-0.05, 0) is 30.4 Å². The first-order valence-electron chi connectivity index (χ1n) is 12.5. The van der Waals surface area contributed by atoms with Crippen molar-refractivity contribution in [2.75, 3.05) is 39.4 Å². The van der Waals surface area contributed by atoms with E-state index in [1.807, 2.05) is 20.8 Å². The Morgan fingerprint density at radius 2 is 1.89 bits per heavy atom. The van der Waals surface area contributed by atoms with Crippen LogP contribution in [0.3, 0.4) is 0 Å². The maximum Gasteiger partial charge on any atom is 0.226 e. The summed E-state index contributed by atoms with van der Waals surface area (Å²) >= 11 is 0. The van der Waals surface area contributed by atoms with Crippen molar-refractivity contribution >= 4 is 27.6 Å². The van der Waals surface area contributed by atoms with E-state index in [1.165, 1.54) is 15.4 Å². The van der Waals surface area contributed by atoms with Crippen molar-refractivity contribution in [1.29, 1.82) is 0 Å². The number of ether oxygens (including phenoxy) is 1. The molecule has 1 aromatic heterocycles. The van der Waals surface area contributed by atoms with Crippen LogP contribution in [0, 0.1) is 11.3 Å². The molecule has 0 radical (unpaired) electrons. The summed E-state index contributed by atoms with van der Waals surface area (Å²) in [6, 6.07) is 3.68. The van der Waals surface area contributed by atoms with Crippen LogP contribution >= 0.6 is 0 Å². The van der Waals surface area contributed by atoms with Gasteiger partial charge >= 0.3 is 0 Å². The number of nitrogens with zero attached hydrogens (tertiary/aromatic N) is 4. The summed E-state index contributed by atoms with van der Waals surface area (Å²) in [6.45, 7) is 8.08. The van der Waals surface area contributed by atoms with Gasteiger partial charge in [-0.3, -0.25) is 19.4 Å². The van der Waals surface area contributed by atoms with Crippen LogP contribution in [-0.4, -0.2) is 96.6 Å². The molecule has 4 rings (SSSR count). The number of likely N-dealkylation sites (tertiary alicyclic amines) is 1. The number of rotatable bonds is 7. The Balaban J connectivity index is 1.50. The fraction of sp³-hybridized carbons (Fsp3) is 0.680. The average molecular weight is 521 g/mol. The van der Waals surface area contributed by atoms with Crippen LogP contribution in [0.2, 0.25) is 0 Å². The van der Waals surface area contributed by atoms with Crippen molar-refractivity contribution in [2.24, 2.45) is 11.3 Å². The van der Waals surface area contributed by atoms with E-state index in [1.54, 1.807) is 23.1 Å². The molecule has 3 fully saturated rings. The summed E-state index contributed by atoms with van der Waals surface area (Å²) in [5.74, 6) is -1.47. The predicted molar refractivity (Wildman–Crippen MR) is 132 cm³/mol. The van der Waals surface area contributed by atoms with Gasteiger partial charge in [-0.2, -0.15) is 4.31 Å². The number of amides is 2. The standard InChI is InChI=1S/C25H36N4O6S/c1-25(2,3)15-18(14-22(31)27-10-12-35-13-11-27)24(32)28-9-7-20-23(28)21(30)16-29(20)36(33,34)17-19-6-4-5-8-26-19/h4-6,8,18,20,23H,7,9-17H2,1-3H3. The van der Waals surface area contributed by atoms with E-state index in [-0.39, 0.29) is 41.7 Å². The maximum absolute atomic E-state index is 13.8.